The molecule has 1 aromatic heterocycles. The van der Waals surface area contributed by atoms with Crippen LogP contribution in [-0.2, 0) is 6.54 Å². The van der Waals surface area contributed by atoms with Crippen molar-refractivity contribution < 1.29 is 0 Å². The maximum atomic E-state index is 4.35. The van der Waals surface area contributed by atoms with Gasteiger partial charge in [-0.3, -0.25) is 0 Å². The standard InChI is InChI=1S/C11H17N3/c1-8-3-4-11(8)13-7-10-5-6-12-9(2)14-10/h5-6,8,11,13H,3-4,7H2,1-2H3. The molecule has 1 aliphatic rings. The number of rotatable bonds is 3. The lowest BCUT2D eigenvalue weighted by molar-refractivity contribution is 0.227. The molecule has 0 aliphatic heterocycles. The molecule has 14 heavy (non-hydrogen) atoms. The number of hydrogen-bond acceptors (Lipinski definition) is 3. The lowest BCUT2D eigenvalue weighted by atomic mass is 9.81. The van der Waals surface area contributed by atoms with Gasteiger partial charge in [-0.05, 0) is 31.7 Å². The summed E-state index contributed by atoms with van der Waals surface area (Å²) in [5.74, 6) is 1.68. The number of nitrogens with one attached hydrogen (secondary N) is 1. The zero-order chi connectivity index (χ0) is 9.97. The van der Waals surface area contributed by atoms with E-state index in [-0.39, 0.29) is 0 Å². The summed E-state index contributed by atoms with van der Waals surface area (Å²) in [6.07, 6.45) is 4.50. The summed E-state index contributed by atoms with van der Waals surface area (Å²) >= 11 is 0. The van der Waals surface area contributed by atoms with Crippen molar-refractivity contribution in [2.75, 3.05) is 0 Å². The van der Waals surface area contributed by atoms with E-state index in [1.165, 1.54) is 12.8 Å². The Hall–Kier alpha value is -0.960. The van der Waals surface area contributed by atoms with Gasteiger partial charge < -0.3 is 5.32 Å². The molecule has 76 valence electrons. The first-order valence-corrected chi connectivity index (χ1v) is 5.27. The Bertz CT molecular complexity index is 311. The molecule has 2 rings (SSSR count). The molecule has 0 spiro atoms. The molecular formula is C11H17N3. The van der Waals surface area contributed by atoms with Gasteiger partial charge in [0.1, 0.15) is 5.82 Å². The summed E-state index contributed by atoms with van der Waals surface area (Å²) in [6.45, 7) is 5.10. The van der Waals surface area contributed by atoms with Crippen molar-refractivity contribution in [3.8, 4) is 0 Å². The summed E-state index contributed by atoms with van der Waals surface area (Å²) in [5.41, 5.74) is 1.09. The summed E-state index contributed by atoms with van der Waals surface area (Å²) in [4.78, 5) is 8.43. The van der Waals surface area contributed by atoms with Gasteiger partial charge in [-0.2, -0.15) is 0 Å². The van der Waals surface area contributed by atoms with Crippen LogP contribution < -0.4 is 5.32 Å². The van der Waals surface area contributed by atoms with Crippen LogP contribution >= 0.6 is 0 Å². The lowest BCUT2D eigenvalue weighted by Gasteiger charge is -2.34. The molecule has 2 atom stereocenters. The molecule has 1 saturated carbocycles. The van der Waals surface area contributed by atoms with Crippen molar-refractivity contribution >= 4 is 0 Å². The van der Waals surface area contributed by atoms with Crippen molar-refractivity contribution in [1.29, 1.82) is 0 Å². The summed E-state index contributed by atoms with van der Waals surface area (Å²) in [6, 6.07) is 2.67. The van der Waals surface area contributed by atoms with Crippen LogP contribution in [0.5, 0.6) is 0 Å². The second-order valence-electron chi connectivity index (χ2n) is 4.14. The quantitative estimate of drug-likeness (QED) is 0.789. The van der Waals surface area contributed by atoms with E-state index in [0.29, 0.717) is 6.04 Å². The topological polar surface area (TPSA) is 37.8 Å². The summed E-state index contributed by atoms with van der Waals surface area (Å²) < 4.78 is 0. The first kappa shape index (κ1) is 9.59. The minimum absolute atomic E-state index is 0.699. The van der Waals surface area contributed by atoms with Gasteiger partial charge in [0.25, 0.3) is 0 Å². The number of hydrogen-bond donors (Lipinski definition) is 1. The molecule has 1 aliphatic carbocycles. The fourth-order valence-corrected chi connectivity index (χ4v) is 1.81. The van der Waals surface area contributed by atoms with E-state index in [0.717, 1.165) is 24.0 Å². The van der Waals surface area contributed by atoms with Gasteiger partial charge in [0, 0.05) is 18.8 Å². The molecule has 0 amide bonds. The maximum absolute atomic E-state index is 4.35. The largest absolute Gasteiger partial charge is 0.308 e. The van der Waals surface area contributed by atoms with Gasteiger partial charge >= 0.3 is 0 Å². The maximum Gasteiger partial charge on any atom is 0.125 e. The smallest absolute Gasteiger partial charge is 0.125 e. The van der Waals surface area contributed by atoms with Crippen LogP contribution in [0, 0.1) is 12.8 Å². The van der Waals surface area contributed by atoms with Crippen molar-refractivity contribution in [3.05, 3.63) is 23.8 Å². The Kier molecular flexibility index (Phi) is 2.77. The van der Waals surface area contributed by atoms with E-state index >= 15 is 0 Å². The molecule has 0 bridgehead atoms. The molecule has 2 unspecified atom stereocenters. The van der Waals surface area contributed by atoms with Gasteiger partial charge in [-0.15, -0.1) is 0 Å². The fourth-order valence-electron chi connectivity index (χ4n) is 1.81. The average Bonchev–Trinajstić information content (AvgIpc) is 2.16. The Morgan fingerprint density at radius 3 is 2.93 bits per heavy atom. The number of aromatic nitrogens is 2. The minimum Gasteiger partial charge on any atom is -0.308 e. The predicted octanol–water partition coefficient (Wildman–Crippen LogP) is 1.67. The zero-order valence-electron chi connectivity index (χ0n) is 8.83. The van der Waals surface area contributed by atoms with Gasteiger partial charge in [0.15, 0.2) is 0 Å². The van der Waals surface area contributed by atoms with Gasteiger partial charge in [0.2, 0.25) is 0 Å². The third kappa shape index (κ3) is 2.10. The van der Waals surface area contributed by atoms with E-state index in [1.807, 2.05) is 19.2 Å². The first-order valence-electron chi connectivity index (χ1n) is 5.27. The van der Waals surface area contributed by atoms with Gasteiger partial charge in [0.05, 0.1) is 5.69 Å². The lowest BCUT2D eigenvalue weighted by Crippen LogP contribution is -2.42. The third-order valence-electron chi connectivity index (χ3n) is 3.00. The molecule has 1 fully saturated rings. The first-order chi connectivity index (χ1) is 6.75. The fraction of sp³-hybridized carbons (Fsp3) is 0.636. The van der Waals surface area contributed by atoms with Crippen LogP contribution in [0.4, 0.5) is 0 Å². The van der Waals surface area contributed by atoms with Crippen molar-refractivity contribution in [2.45, 2.75) is 39.3 Å². The molecule has 3 heteroatoms. The highest BCUT2D eigenvalue weighted by atomic mass is 15.0. The molecule has 1 aromatic rings. The molecule has 1 heterocycles. The highest BCUT2D eigenvalue weighted by Crippen LogP contribution is 2.26. The minimum atomic E-state index is 0.699. The summed E-state index contributed by atoms with van der Waals surface area (Å²) in [7, 11) is 0. The average molecular weight is 191 g/mol. The van der Waals surface area contributed by atoms with Crippen LogP contribution in [0.25, 0.3) is 0 Å². The van der Waals surface area contributed by atoms with E-state index in [1.54, 1.807) is 0 Å². The second-order valence-corrected chi connectivity index (χ2v) is 4.14. The zero-order valence-corrected chi connectivity index (χ0v) is 8.83. The van der Waals surface area contributed by atoms with Crippen LogP contribution in [0.15, 0.2) is 12.3 Å². The normalized spacial score (nSPS) is 25.9. The SMILES string of the molecule is Cc1nccc(CNC2CCC2C)n1. The van der Waals surface area contributed by atoms with Gasteiger partial charge in [-0.25, -0.2) is 9.97 Å². The van der Waals surface area contributed by atoms with Crippen LogP contribution in [-0.4, -0.2) is 16.0 Å². The van der Waals surface area contributed by atoms with Crippen LogP contribution in [0.3, 0.4) is 0 Å². The van der Waals surface area contributed by atoms with Crippen molar-refractivity contribution in [1.82, 2.24) is 15.3 Å². The second kappa shape index (κ2) is 4.05. The Morgan fingerprint density at radius 1 is 1.50 bits per heavy atom. The Morgan fingerprint density at radius 2 is 2.36 bits per heavy atom. The van der Waals surface area contributed by atoms with Crippen molar-refractivity contribution in [3.63, 3.8) is 0 Å². The third-order valence-corrected chi connectivity index (χ3v) is 3.00. The van der Waals surface area contributed by atoms with Crippen LogP contribution in [0.2, 0.25) is 0 Å². The highest BCUT2D eigenvalue weighted by Gasteiger charge is 2.25. The molecule has 1 N–H and O–H groups in total. The molecule has 0 saturated heterocycles. The van der Waals surface area contributed by atoms with E-state index in [9.17, 15) is 0 Å². The highest BCUT2D eigenvalue weighted by molar-refractivity contribution is 5.01. The van der Waals surface area contributed by atoms with Crippen molar-refractivity contribution in [2.24, 2.45) is 5.92 Å². The molecule has 3 nitrogen and oxygen atoms in total. The Labute approximate surface area is 85.0 Å². The molecular weight excluding hydrogens is 174 g/mol. The number of nitrogens with zero attached hydrogens (tertiary/aromatic N) is 2. The molecule has 0 radical (unpaired) electrons. The van der Waals surface area contributed by atoms with Gasteiger partial charge in [-0.1, -0.05) is 6.92 Å². The van der Waals surface area contributed by atoms with Crippen LogP contribution in [0.1, 0.15) is 31.3 Å². The monoisotopic (exact) mass is 191 g/mol. The van der Waals surface area contributed by atoms with E-state index in [4.69, 9.17) is 0 Å². The summed E-state index contributed by atoms with van der Waals surface area (Å²) in [5, 5.41) is 3.52. The molecule has 0 aromatic carbocycles. The Balaban J connectivity index is 1.85. The van der Waals surface area contributed by atoms with E-state index < -0.39 is 0 Å². The number of aryl methyl sites for hydroxylation is 1. The predicted molar refractivity (Wildman–Crippen MR) is 55.8 cm³/mol. The van der Waals surface area contributed by atoms with E-state index in [2.05, 4.69) is 22.2 Å².